The Morgan fingerprint density at radius 3 is 2.20 bits per heavy atom. The van der Waals surface area contributed by atoms with Crippen molar-refractivity contribution in [1.82, 2.24) is 16.0 Å². The van der Waals surface area contributed by atoms with E-state index < -0.39 is 29.3 Å². The van der Waals surface area contributed by atoms with E-state index in [1.165, 1.54) is 0 Å². The Labute approximate surface area is 178 Å². The van der Waals surface area contributed by atoms with E-state index in [1.807, 2.05) is 20.8 Å². The van der Waals surface area contributed by atoms with Crippen LogP contribution in [0.1, 0.15) is 65.7 Å². The third kappa shape index (κ3) is 4.78. The van der Waals surface area contributed by atoms with Gasteiger partial charge in [0.15, 0.2) is 0 Å². The Hall–Kier alpha value is -2.12. The molecular formula is C22H35N3O5. The molecule has 0 aromatic carbocycles. The second-order valence-electron chi connectivity index (χ2n) is 10.0. The lowest BCUT2D eigenvalue weighted by atomic mass is 9.82. The lowest BCUT2D eigenvalue weighted by Gasteiger charge is -2.35. The van der Waals surface area contributed by atoms with Gasteiger partial charge in [0.25, 0.3) is 0 Å². The SMILES string of the molecule is CNC(=O)[C@@H](NC(=O)C(NC(=O)C1CC2CC1C(=O)O2)C(C)(C)C)C1CCCCC1. The minimum absolute atomic E-state index is 0.0966. The van der Waals surface area contributed by atoms with Crippen LogP contribution in [0.15, 0.2) is 0 Å². The fourth-order valence-corrected chi connectivity index (χ4v) is 5.07. The molecule has 3 amide bonds. The van der Waals surface area contributed by atoms with Crippen LogP contribution in [0.25, 0.3) is 0 Å². The van der Waals surface area contributed by atoms with Crippen LogP contribution in [-0.4, -0.2) is 48.9 Å². The number of carbonyl (C=O) groups excluding carboxylic acids is 4. The van der Waals surface area contributed by atoms with E-state index >= 15 is 0 Å². The zero-order chi connectivity index (χ0) is 22.1. The standard InChI is InChI=1S/C22H35N3O5/c1-22(2,3)17(25-18(26)14-10-13-11-15(14)21(29)30-13)20(28)24-16(19(27)23-4)12-8-6-5-7-9-12/h12-17H,5-11H2,1-4H3,(H,23,27)(H,24,28)(H,25,26)/t13?,14?,15?,16-,17?/m0/s1. The second kappa shape index (κ2) is 8.94. The smallest absolute Gasteiger partial charge is 0.310 e. The number of hydrogen-bond donors (Lipinski definition) is 3. The summed E-state index contributed by atoms with van der Waals surface area (Å²) in [5, 5.41) is 8.47. The fourth-order valence-electron chi connectivity index (χ4n) is 5.07. The van der Waals surface area contributed by atoms with Gasteiger partial charge in [0, 0.05) is 7.05 Å². The Balaban J connectivity index is 1.70. The van der Waals surface area contributed by atoms with Crippen molar-refractivity contribution < 1.29 is 23.9 Å². The molecule has 2 aliphatic carbocycles. The molecule has 8 nitrogen and oxygen atoms in total. The van der Waals surface area contributed by atoms with Crippen LogP contribution in [0, 0.1) is 23.2 Å². The highest BCUT2D eigenvalue weighted by Crippen LogP contribution is 2.41. The highest BCUT2D eigenvalue weighted by Gasteiger charge is 2.51. The highest BCUT2D eigenvalue weighted by molar-refractivity contribution is 5.94. The third-order valence-corrected chi connectivity index (χ3v) is 6.80. The van der Waals surface area contributed by atoms with Crippen molar-refractivity contribution in [1.29, 1.82) is 0 Å². The van der Waals surface area contributed by atoms with Gasteiger partial charge in [0.05, 0.1) is 11.8 Å². The van der Waals surface area contributed by atoms with Crippen LogP contribution in [0.4, 0.5) is 0 Å². The average Bonchev–Trinajstić information content (AvgIpc) is 3.28. The van der Waals surface area contributed by atoms with E-state index in [-0.39, 0.29) is 35.7 Å². The molecule has 1 saturated heterocycles. The van der Waals surface area contributed by atoms with Crippen LogP contribution in [-0.2, 0) is 23.9 Å². The summed E-state index contributed by atoms with van der Waals surface area (Å²) in [5.41, 5.74) is -0.558. The maximum atomic E-state index is 13.2. The summed E-state index contributed by atoms with van der Waals surface area (Å²) in [4.78, 5) is 50.6. The van der Waals surface area contributed by atoms with E-state index in [0.29, 0.717) is 12.8 Å². The van der Waals surface area contributed by atoms with Crippen molar-refractivity contribution >= 4 is 23.7 Å². The predicted molar refractivity (Wildman–Crippen MR) is 110 cm³/mol. The zero-order valence-electron chi connectivity index (χ0n) is 18.5. The lowest BCUT2D eigenvalue weighted by molar-refractivity contribution is -0.154. The number of likely N-dealkylation sites (N-methyl/N-ethyl adjacent to an activating group) is 1. The molecule has 2 saturated carbocycles. The predicted octanol–water partition coefficient (Wildman–Crippen LogP) is 1.28. The van der Waals surface area contributed by atoms with Crippen molar-refractivity contribution in [2.75, 3.05) is 7.05 Å². The van der Waals surface area contributed by atoms with Gasteiger partial charge in [-0.3, -0.25) is 19.2 Å². The number of fused-ring (bicyclic) bond motifs is 2. The van der Waals surface area contributed by atoms with Crippen molar-refractivity contribution in [2.24, 2.45) is 23.2 Å². The summed E-state index contributed by atoms with van der Waals surface area (Å²) >= 11 is 0. The summed E-state index contributed by atoms with van der Waals surface area (Å²) < 4.78 is 5.18. The molecule has 0 radical (unpaired) electrons. The monoisotopic (exact) mass is 421 g/mol. The van der Waals surface area contributed by atoms with E-state index in [9.17, 15) is 19.2 Å². The number of amides is 3. The summed E-state index contributed by atoms with van der Waals surface area (Å²) in [5.74, 6) is -1.95. The molecule has 0 aromatic heterocycles. The van der Waals surface area contributed by atoms with Crippen LogP contribution in [0.2, 0.25) is 0 Å². The third-order valence-electron chi connectivity index (χ3n) is 6.80. The Kier molecular flexibility index (Phi) is 6.72. The molecule has 30 heavy (non-hydrogen) atoms. The van der Waals surface area contributed by atoms with Crippen LogP contribution in [0.5, 0.6) is 0 Å². The molecule has 3 fully saturated rings. The van der Waals surface area contributed by atoms with Gasteiger partial charge in [0.2, 0.25) is 17.7 Å². The molecule has 2 bridgehead atoms. The Morgan fingerprint density at radius 1 is 1.00 bits per heavy atom. The largest absolute Gasteiger partial charge is 0.462 e. The molecule has 1 heterocycles. The molecule has 168 valence electrons. The summed E-state index contributed by atoms with van der Waals surface area (Å²) in [6.07, 6.45) is 5.94. The average molecular weight is 422 g/mol. The van der Waals surface area contributed by atoms with E-state index in [1.54, 1.807) is 7.05 Å². The van der Waals surface area contributed by atoms with Gasteiger partial charge in [-0.15, -0.1) is 0 Å². The van der Waals surface area contributed by atoms with Gasteiger partial charge in [0.1, 0.15) is 18.2 Å². The van der Waals surface area contributed by atoms with Gasteiger partial charge in [-0.05, 0) is 37.0 Å². The van der Waals surface area contributed by atoms with Gasteiger partial charge in [-0.25, -0.2) is 0 Å². The first-order valence-electron chi connectivity index (χ1n) is 11.1. The molecule has 4 unspecified atom stereocenters. The topological polar surface area (TPSA) is 114 Å². The van der Waals surface area contributed by atoms with Crippen molar-refractivity contribution in [3.8, 4) is 0 Å². The molecule has 5 atom stereocenters. The molecule has 1 aliphatic heterocycles. The summed E-state index contributed by atoms with van der Waals surface area (Å²) in [6, 6.07) is -1.42. The first-order chi connectivity index (χ1) is 14.1. The van der Waals surface area contributed by atoms with Gasteiger partial charge >= 0.3 is 5.97 Å². The molecule has 3 rings (SSSR count). The maximum Gasteiger partial charge on any atom is 0.310 e. The first-order valence-corrected chi connectivity index (χ1v) is 11.1. The van der Waals surface area contributed by atoms with E-state index in [4.69, 9.17) is 4.74 Å². The molecule has 8 heteroatoms. The first kappa shape index (κ1) is 22.6. The molecule has 0 aromatic rings. The maximum absolute atomic E-state index is 13.2. The molecular weight excluding hydrogens is 386 g/mol. The van der Waals surface area contributed by atoms with Gasteiger partial charge in [-0.1, -0.05) is 40.0 Å². The molecule has 3 aliphatic rings. The number of esters is 1. The van der Waals surface area contributed by atoms with E-state index in [2.05, 4.69) is 16.0 Å². The lowest BCUT2D eigenvalue weighted by Crippen LogP contribution is -2.60. The number of rotatable bonds is 6. The minimum Gasteiger partial charge on any atom is -0.462 e. The quantitative estimate of drug-likeness (QED) is 0.559. The second-order valence-corrected chi connectivity index (χ2v) is 10.0. The summed E-state index contributed by atoms with van der Waals surface area (Å²) in [7, 11) is 1.57. The normalized spacial score (nSPS) is 28.4. The number of carbonyl (C=O) groups is 4. The number of nitrogens with one attached hydrogen (secondary N) is 3. The number of ether oxygens (including phenoxy) is 1. The van der Waals surface area contributed by atoms with Crippen LogP contribution < -0.4 is 16.0 Å². The highest BCUT2D eigenvalue weighted by atomic mass is 16.6. The van der Waals surface area contributed by atoms with Gasteiger partial charge < -0.3 is 20.7 Å². The molecule has 0 spiro atoms. The van der Waals surface area contributed by atoms with E-state index in [0.717, 1.165) is 32.1 Å². The van der Waals surface area contributed by atoms with Crippen LogP contribution in [0.3, 0.4) is 0 Å². The Bertz CT molecular complexity index is 695. The number of hydrogen-bond acceptors (Lipinski definition) is 5. The van der Waals surface area contributed by atoms with Crippen molar-refractivity contribution in [3.63, 3.8) is 0 Å². The molecule has 3 N–H and O–H groups in total. The van der Waals surface area contributed by atoms with Gasteiger partial charge in [-0.2, -0.15) is 0 Å². The van der Waals surface area contributed by atoms with Crippen LogP contribution >= 0.6 is 0 Å². The fraction of sp³-hybridized carbons (Fsp3) is 0.818. The summed E-state index contributed by atoms with van der Waals surface area (Å²) in [6.45, 7) is 5.63. The Morgan fingerprint density at radius 2 is 1.67 bits per heavy atom. The van der Waals surface area contributed by atoms with Crippen molar-refractivity contribution in [3.05, 3.63) is 0 Å². The zero-order valence-corrected chi connectivity index (χ0v) is 18.5. The van der Waals surface area contributed by atoms with Crippen molar-refractivity contribution in [2.45, 2.75) is 83.9 Å². The minimum atomic E-state index is -0.809.